The highest BCUT2D eigenvalue weighted by Crippen LogP contribution is 2.26. The molecule has 0 aromatic rings. The van der Waals surface area contributed by atoms with Crippen LogP contribution < -0.4 is 5.73 Å². The van der Waals surface area contributed by atoms with Gasteiger partial charge in [0, 0.05) is 25.7 Å². The van der Waals surface area contributed by atoms with Gasteiger partial charge in [0.2, 0.25) is 0 Å². The fourth-order valence-electron chi connectivity index (χ4n) is 3.29. The van der Waals surface area contributed by atoms with Crippen LogP contribution in [-0.2, 0) is 0 Å². The third-order valence-electron chi connectivity index (χ3n) is 4.67. The van der Waals surface area contributed by atoms with E-state index in [1.165, 1.54) is 25.7 Å². The minimum Gasteiger partial charge on any atom is -0.330 e. The van der Waals surface area contributed by atoms with Crippen molar-refractivity contribution < 1.29 is 4.79 Å². The molecule has 4 heteroatoms. The first kappa shape index (κ1) is 14.6. The maximum absolute atomic E-state index is 12.7. The molecule has 4 nitrogen and oxygen atoms in total. The van der Waals surface area contributed by atoms with Crippen LogP contribution in [0.3, 0.4) is 0 Å². The molecular formula is C15H29N3O. The Morgan fingerprint density at radius 3 is 2.42 bits per heavy atom. The number of likely N-dealkylation sites (tertiary alicyclic amines) is 1. The largest absolute Gasteiger partial charge is 0.330 e. The molecule has 0 bridgehead atoms. The Morgan fingerprint density at radius 2 is 1.84 bits per heavy atom. The normalized spacial score (nSPS) is 21.9. The molecule has 1 saturated heterocycles. The Hall–Kier alpha value is -0.770. The molecule has 0 aromatic heterocycles. The zero-order chi connectivity index (χ0) is 13.7. The van der Waals surface area contributed by atoms with Gasteiger partial charge in [-0.2, -0.15) is 0 Å². The molecule has 0 aromatic carbocycles. The summed E-state index contributed by atoms with van der Waals surface area (Å²) in [5.74, 6) is 0.771. The van der Waals surface area contributed by atoms with Crippen molar-refractivity contribution in [2.45, 2.75) is 57.9 Å². The van der Waals surface area contributed by atoms with Crippen LogP contribution in [0.4, 0.5) is 4.79 Å². The van der Waals surface area contributed by atoms with Crippen LogP contribution >= 0.6 is 0 Å². The topological polar surface area (TPSA) is 49.6 Å². The lowest BCUT2D eigenvalue weighted by Crippen LogP contribution is -2.50. The van der Waals surface area contributed by atoms with Gasteiger partial charge in [0.1, 0.15) is 0 Å². The number of amides is 2. The maximum Gasteiger partial charge on any atom is 0.320 e. The fraction of sp³-hybridized carbons (Fsp3) is 0.933. The Kier molecular flexibility index (Phi) is 5.49. The molecule has 19 heavy (non-hydrogen) atoms. The second kappa shape index (κ2) is 7.13. The summed E-state index contributed by atoms with van der Waals surface area (Å²) >= 11 is 0. The highest BCUT2D eigenvalue weighted by molar-refractivity contribution is 5.75. The van der Waals surface area contributed by atoms with Gasteiger partial charge in [-0.05, 0) is 44.6 Å². The number of hydrogen-bond acceptors (Lipinski definition) is 2. The van der Waals surface area contributed by atoms with E-state index >= 15 is 0 Å². The van der Waals surface area contributed by atoms with Crippen molar-refractivity contribution in [2.75, 3.05) is 26.2 Å². The summed E-state index contributed by atoms with van der Waals surface area (Å²) in [6.45, 7) is 5.67. The van der Waals surface area contributed by atoms with Crippen molar-refractivity contribution in [1.29, 1.82) is 0 Å². The highest BCUT2D eigenvalue weighted by atomic mass is 16.2. The van der Waals surface area contributed by atoms with Crippen LogP contribution in [0.15, 0.2) is 0 Å². The maximum atomic E-state index is 12.7. The molecule has 1 saturated carbocycles. The molecule has 1 heterocycles. The van der Waals surface area contributed by atoms with E-state index in [4.69, 9.17) is 5.73 Å². The minimum absolute atomic E-state index is 0.271. The van der Waals surface area contributed by atoms with E-state index in [-0.39, 0.29) is 6.03 Å². The molecule has 1 aliphatic carbocycles. The zero-order valence-corrected chi connectivity index (χ0v) is 12.3. The van der Waals surface area contributed by atoms with Crippen molar-refractivity contribution in [3.8, 4) is 0 Å². The summed E-state index contributed by atoms with van der Waals surface area (Å²) in [6, 6.07) is 0.741. The predicted molar refractivity (Wildman–Crippen MR) is 78.0 cm³/mol. The molecule has 1 aliphatic heterocycles. The Morgan fingerprint density at radius 1 is 1.21 bits per heavy atom. The monoisotopic (exact) mass is 267 g/mol. The van der Waals surface area contributed by atoms with Gasteiger partial charge >= 0.3 is 6.03 Å². The highest BCUT2D eigenvalue weighted by Gasteiger charge is 2.30. The van der Waals surface area contributed by atoms with Gasteiger partial charge in [-0.25, -0.2) is 4.79 Å². The van der Waals surface area contributed by atoms with Crippen LogP contribution in [0.1, 0.15) is 51.9 Å². The number of carbonyl (C=O) groups is 1. The van der Waals surface area contributed by atoms with Crippen LogP contribution in [0, 0.1) is 5.92 Å². The first-order chi connectivity index (χ1) is 9.22. The van der Waals surface area contributed by atoms with Gasteiger partial charge in [0.25, 0.3) is 0 Å². The van der Waals surface area contributed by atoms with Gasteiger partial charge in [0.05, 0.1) is 0 Å². The SMILES string of the molecule is CC1CCN(C(=O)N(CCCN)C2CCCC2)CC1. The number of carbonyl (C=O) groups excluding carboxylic acids is 1. The standard InChI is InChI=1S/C15H29N3O/c1-13-7-11-17(12-8-13)15(19)18(10-4-9-16)14-5-2-3-6-14/h13-14H,2-12,16H2,1H3. The van der Waals surface area contributed by atoms with Gasteiger partial charge in [-0.3, -0.25) is 0 Å². The van der Waals surface area contributed by atoms with E-state index in [2.05, 4.69) is 16.7 Å². The van der Waals surface area contributed by atoms with Crippen LogP contribution in [0.2, 0.25) is 0 Å². The molecule has 110 valence electrons. The number of urea groups is 1. The average Bonchev–Trinajstić information content (AvgIpc) is 2.94. The lowest BCUT2D eigenvalue weighted by atomic mass is 9.99. The molecule has 0 radical (unpaired) electrons. The van der Waals surface area contributed by atoms with Gasteiger partial charge < -0.3 is 15.5 Å². The van der Waals surface area contributed by atoms with Crippen molar-refractivity contribution in [3.05, 3.63) is 0 Å². The molecule has 0 atom stereocenters. The Labute approximate surface area is 117 Å². The van der Waals surface area contributed by atoms with Crippen LogP contribution in [0.5, 0.6) is 0 Å². The second-order valence-electron chi connectivity index (χ2n) is 6.23. The molecular weight excluding hydrogens is 238 g/mol. The van der Waals surface area contributed by atoms with Gasteiger partial charge in [-0.1, -0.05) is 19.8 Å². The number of rotatable bonds is 4. The molecule has 0 unspecified atom stereocenters. The summed E-state index contributed by atoms with van der Waals surface area (Å²) in [5, 5.41) is 0. The van der Waals surface area contributed by atoms with Crippen molar-refractivity contribution in [3.63, 3.8) is 0 Å². The number of nitrogens with two attached hydrogens (primary N) is 1. The van der Waals surface area contributed by atoms with Gasteiger partial charge in [-0.15, -0.1) is 0 Å². The third kappa shape index (κ3) is 3.85. The fourth-order valence-corrected chi connectivity index (χ4v) is 3.29. The summed E-state index contributed by atoms with van der Waals surface area (Å²) in [4.78, 5) is 16.9. The van der Waals surface area contributed by atoms with E-state index in [0.717, 1.165) is 44.8 Å². The predicted octanol–water partition coefficient (Wildman–Crippen LogP) is 2.43. The molecule has 2 N–H and O–H groups in total. The summed E-state index contributed by atoms with van der Waals surface area (Å²) in [7, 11) is 0. The van der Waals surface area contributed by atoms with Crippen LogP contribution in [0.25, 0.3) is 0 Å². The molecule has 0 spiro atoms. The molecule has 2 amide bonds. The zero-order valence-electron chi connectivity index (χ0n) is 12.3. The summed E-state index contributed by atoms with van der Waals surface area (Å²) in [6.07, 6.45) is 8.14. The van der Waals surface area contributed by atoms with E-state index in [0.29, 0.717) is 12.6 Å². The first-order valence-corrected chi connectivity index (χ1v) is 7.98. The molecule has 2 aliphatic rings. The van der Waals surface area contributed by atoms with Gasteiger partial charge in [0.15, 0.2) is 0 Å². The number of hydrogen-bond donors (Lipinski definition) is 1. The number of piperidine rings is 1. The van der Waals surface area contributed by atoms with E-state index < -0.39 is 0 Å². The molecule has 2 fully saturated rings. The first-order valence-electron chi connectivity index (χ1n) is 7.98. The lowest BCUT2D eigenvalue weighted by molar-refractivity contribution is 0.118. The second-order valence-corrected chi connectivity index (χ2v) is 6.23. The average molecular weight is 267 g/mol. The summed E-state index contributed by atoms with van der Waals surface area (Å²) in [5.41, 5.74) is 5.62. The molecule has 2 rings (SSSR count). The quantitative estimate of drug-likeness (QED) is 0.850. The smallest absolute Gasteiger partial charge is 0.320 e. The van der Waals surface area contributed by atoms with Crippen molar-refractivity contribution >= 4 is 6.03 Å². The lowest BCUT2D eigenvalue weighted by Gasteiger charge is -2.37. The Bertz CT molecular complexity index is 281. The van der Waals surface area contributed by atoms with E-state index in [1.54, 1.807) is 0 Å². The Balaban J connectivity index is 1.93. The van der Waals surface area contributed by atoms with E-state index in [9.17, 15) is 4.79 Å². The minimum atomic E-state index is 0.271. The third-order valence-corrected chi connectivity index (χ3v) is 4.67. The summed E-state index contributed by atoms with van der Waals surface area (Å²) < 4.78 is 0. The number of nitrogens with zero attached hydrogens (tertiary/aromatic N) is 2. The van der Waals surface area contributed by atoms with E-state index in [1.807, 2.05) is 0 Å². The van der Waals surface area contributed by atoms with Crippen molar-refractivity contribution in [1.82, 2.24) is 9.80 Å². The van der Waals surface area contributed by atoms with Crippen molar-refractivity contribution in [2.24, 2.45) is 11.7 Å². The van der Waals surface area contributed by atoms with Crippen LogP contribution in [-0.4, -0.2) is 48.1 Å².